The first-order valence-corrected chi connectivity index (χ1v) is 8.05. The summed E-state index contributed by atoms with van der Waals surface area (Å²) in [5, 5.41) is 0.905. The van der Waals surface area contributed by atoms with Crippen molar-refractivity contribution >= 4 is 21.8 Å². The van der Waals surface area contributed by atoms with Gasteiger partial charge in [-0.05, 0) is 37.5 Å². The Hall–Kier alpha value is -0.0500. The highest BCUT2D eigenvalue weighted by molar-refractivity contribution is 9.09. The molecule has 1 atom stereocenters. The molecule has 0 bridgehead atoms. The molecule has 2 nitrogen and oxygen atoms in total. The molecule has 3 heteroatoms. The minimum atomic E-state index is 0.214. The van der Waals surface area contributed by atoms with E-state index in [1.54, 1.807) is 0 Å². The van der Waals surface area contributed by atoms with Crippen LogP contribution in [0.3, 0.4) is 0 Å². The normalized spacial score (nSPS) is 27.8. The van der Waals surface area contributed by atoms with Gasteiger partial charge in [-0.3, -0.25) is 4.79 Å². The zero-order chi connectivity index (χ0) is 12.5. The summed E-state index contributed by atoms with van der Waals surface area (Å²) in [7, 11) is 0. The van der Waals surface area contributed by atoms with Gasteiger partial charge < -0.3 is 4.90 Å². The van der Waals surface area contributed by atoms with Crippen molar-refractivity contribution in [1.29, 1.82) is 0 Å². The van der Waals surface area contributed by atoms with Crippen molar-refractivity contribution < 1.29 is 4.79 Å². The maximum Gasteiger partial charge on any atom is 0.226 e. The van der Waals surface area contributed by atoms with Crippen LogP contribution in [0, 0.1) is 11.3 Å². The number of carbonyl (C=O) groups is 1. The van der Waals surface area contributed by atoms with Crippen LogP contribution >= 0.6 is 15.9 Å². The van der Waals surface area contributed by atoms with Gasteiger partial charge in [-0.15, -0.1) is 0 Å². The molecule has 2 rings (SSSR count). The SMILES string of the molecule is CC1(C)CCCC1C(=O)N(CCBr)C1CCC1. The molecule has 98 valence electrons. The summed E-state index contributed by atoms with van der Waals surface area (Å²) in [6.07, 6.45) is 7.24. The van der Waals surface area contributed by atoms with Gasteiger partial charge in [-0.25, -0.2) is 0 Å². The highest BCUT2D eigenvalue weighted by Gasteiger charge is 2.42. The molecule has 2 saturated carbocycles. The minimum absolute atomic E-state index is 0.214. The Balaban J connectivity index is 2.04. The van der Waals surface area contributed by atoms with Crippen LogP contribution in [0.4, 0.5) is 0 Å². The van der Waals surface area contributed by atoms with Gasteiger partial charge in [-0.2, -0.15) is 0 Å². The summed E-state index contributed by atoms with van der Waals surface area (Å²) >= 11 is 3.48. The largest absolute Gasteiger partial charge is 0.339 e. The number of rotatable bonds is 4. The zero-order valence-corrected chi connectivity index (χ0v) is 12.6. The van der Waals surface area contributed by atoms with E-state index < -0.39 is 0 Å². The number of amides is 1. The van der Waals surface area contributed by atoms with Gasteiger partial charge in [0.25, 0.3) is 0 Å². The highest BCUT2D eigenvalue weighted by atomic mass is 79.9. The summed E-state index contributed by atoms with van der Waals surface area (Å²) in [5.74, 6) is 0.693. The molecule has 0 aromatic carbocycles. The molecule has 17 heavy (non-hydrogen) atoms. The quantitative estimate of drug-likeness (QED) is 0.727. The van der Waals surface area contributed by atoms with E-state index in [1.807, 2.05) is 0 Å². The molecule has 0 saturated heterocycles. The second-order valence-electron chi connectivity index (χ2n) is 6.24. The fourth-order valence-electron chi connectivity index (χ4n) is 3.25. The van der Waals surface area contributed by atoms with Gasteiger partial charge in [0.1, 0.15) is 0 Å². The molecule has 2 fully saturated rings. The van der Waals surface area contributed by atoms with Crippen molar-refractivity contribution in [2.24, 2.45) is 11.3 Å². The third-order valence-electron chi connectivity index (χ3n) is 4.68. The fourth-order valence-corrected chi connectivity index (χ4v) is 3.63. The molecular formula is C14H24BrNO. The van der Waals surface area contributed by atoms with Crippen molar-refractivity contribution in [3.63, 3.8) is 0 Å². The maximum atomic E-state index is 12.7. The first kappa shape index (κ1) is 13.4. The summed E-state index contributed by atoms with van der Waals surface area (Å²) in [6, 6.07) is 0.538. The molecular weight excluding hydrogens is 278 g/mol. The molecule has 2 aliphatic carbocycles. The third kappa shape index (κ3) is 2.69. The number of alkyl halides is 1. The lowest BCUT2D eigenvalue weighted by atomic mass is 9.80. The molecule has 1 amide bonds. The van der Waals surface area contributed by atoms with Gasteiger partial charge in [0.15, 0.2) is 0 Å². The van der Waals surface area contributed by atoms with E-state index in [4.69, 9.17) is 0 Å². The van der Waals surface area contributed by atoms with Gasteiger partial charge in [-0.1, -0.05) is 36.2 Å². The zero-order valence-electron chi connectivity index (χ0n) is 11.0. The van der Waals surface area contributed by atoms with Crippen molar-refractivity contribution in [1.82, 2.24) is 4.90 Å². The van der Waals surface area contributed by atoms with Gasteiger partial charge in [0, 0.05) is 23.8 Å². The van der Waals surface area contributed by atoms with Crippen LogP contribution in [0.25, 0.3) is 0 Å². The maximum absolute atomic E-state index is 12.7. The van der Waals surface area contributed by atoms with Crippen LogP contribution in [0.1, 0.15) is 52.4 Å². The van der Waals surface area contributed by atoms with Crippen molar-refractivity contribution in [2.45, 2.75) is 58.4 Å². The number of hydrogen-bond acceptors (Lipinski definition) is 1. The van der Waals surface area contributed by atoms with Crippen LogP contribution in [-0.2, 0) is 4.79 Å². The third-order valence-corrected chi connectivity index (χ3v) is 5.03. The number of hydrogen-bond donors (Lipinski definition) is 0. The molecule has 0 aromatic heterocycles. The molecule has 0 heterocycles. The Kier molecular flexibility index (Phi) is 4.17. The average molecular weight is 302 g/mol. The number of nitrogens with zero attached hydrogens (tertiary/aromatic N) is 1. The van der Waals surface area contributed by atoms with Crippen molar-refractivity contribution in [3.8, 4) is 0 Å². The molecule has 0 aromatic rings. The average Bonchev–Trinajstić information content (AvgIpc) is 2.54. The highest BCUT2D eigenvalue weighted by Crippen LogP contribution is 2.44. The second-order valence-corrected chi connectivity index (χ2v) is 7.03. The van der Waals surface area contributed by atoms with E-state index in [0.29, 0.717) is 11.9 Å². The molecule has 0 spiro atoms. The smallest absolute Gasteiger partial charge is 0.226 e. The Morgan fingerprint density at radius 1 is 1.29 bits per heavy atom. The molecule has 0 radical (unpaired) electrons. The predicted molar refractivity (Wildman–Crippen MR) is 74.3 cm³/mol. The van der Waals surface area contributed by atoms with Crippen molar-refractivity contribution in [3.05, 3.63) is 0 Å². The first-order valence-electron chi connectivity index (χ1n) is 6.93. The lowest BCUT2D eigenvalue weighted by Crippen LogP contribution is -2.49. The summed E-state index contributed by atoms with van der Waals surface area (Å²) in [4.78, 5) is 14.9. The second kappa shape index (κ2) is 5.29. The molecule has 1 unspecified atom stereocenters. The van der Waals surface area contributed by atoms with Gasteiger partial charge in [0.05, 0.1) is 0 Å². The van der Waals surface area contributed by atoms with E-state index >= 15 is 0 Å². The Morgan fingerprint density at radius 3 is 2.41 bits per heavy atom. The van der Waals surface area contributed by atoms with E-state index in [-0.39, 0.29) is 11.3 Å². The van der Waals surface area contributed by atoms with Crippen LogP contribution in [-0.4, -0.2) is 28.7 Å². The summed E-state index contributed by atoms with van der Waals surface area (Å²) < 4.78 is 0. The summed E-state index contributed by atoms with van der Waals surface area (Å²) in [5.41, 5.74) is 0.214. The van der Waals surface area contributed by atoms with E-state index in [9.17, 15) is 4.79 Å². The first-order chi connectivity index (χ1) is 8.06. The summed E-state index contributed by atoms with van der Waals surface area (Å²) in [6.45, 7) is 5.40. The topological polar surface area (TPSA) is 20.3 Å². The number of carbonyl (C=O) groups excluding carboxylic acids is 1. The van der Waals surface area contributed by atoms with E-state index in [2.05, 4.69) is 34.7 Å². The van der Waals surface area contributed by atoms with Crippen LogP contribution in [0.2, 0.25) is 0 Å². The molecule has 2 aliphatic rings. The number of halogens is 1. The van der Waals surface area contributed by atoms with Gasteiger partial charge >= 0.3 is 0 Å². The lowest BCUT2D eigenvalue weighted by Gasteiger charge is -2.40. The lowest BCUT2D eigenvalue weighted by molar-refractivity contribution is -0.142. The molecule has 0 N–H and O–H groups in total. The molecule has 0 aliphatic heterocycles. The van der Waals surface area contributed by atoms with Crippen LogP contribution < -0.4 is 0 Å². The van der Waals surface area contributed by atoms with E-state index in [1.165, 1.54) is 32.1 Å². The van der Waals surface area contributed by atoms with Crippen LogP contribution in [0.5, 0.6) is 0 Å². The predicted octanol–water partition coefficient (Wildman–Crippen LogP) is 3.59. The van der Waals surface area contributed by atoms with Crippen LogP contribution in [0.15, 0.2) is 0 Å². The van der Waals surface area contributed by atoms with E-state index in [0.717, 1.165) is 18.3 Å². The Bertz CT molecular complexity index is 286. The van der Waals surface area contributed by atoms with Gasteiger partial charge in [0.2, 0.25) is 5.91 Å². The Labute approximate surface area is 113 Å². The standard InChI is InChI=1S/C14H24BrNO/c1-14(2)8-4-7-12(14)13(17)16(10-9-15)11-5-3-6-11/h11-12H,3-10H2,1-2H3. The fraction of sp³-hybridized carbons (Fsp3) is 0.929. The van der Waals surface area contributed by atoms with Crippen molar-refractivity contribution in [2.75, 3.05) is 11.9 Å². The minimum Gasteiger partial charge on any atom is -0.339 e. The monoisotopic (exact) mass is 301 g/mol. The Morgan fingerprint density at radius 2 is 2.00 bits per heavy atom.